The maximum Gasteiger partial charge on any atom is 0.419 e. The van der Waals surface area contributed by atoms with Crippen LogP contribution in [-0.2, 0) is 6.18 Å². The molecule has 4 rings (SSSR count). The zero-order valence-electron chi connectivity index (χ0n) is 18.5. The maximum atomic E-state index is 13.8. The quantitative estimate of drug-likeness (QED) is 0.303. The molecular weight excluding hydrogens is 437 g/mol. The van der Waals surface area contributed by atoms with E-state index in [0.717, 1.165) is 38.2 Å². The lowest BCUT2D eigenvalue weighted by Crippen LogP contribution is -2.54. The summed E-state index contributed by atoms with van der Waals surface area (Å²) >= 11 is 0. The molecule has 0 bridgehead atoms. The van der Waals surface area contributed by atoms with Crippen LogP contribution in [-0.4, -0.2) is 34.5 Å². The van der Waals surface area contributed by atoms with Crippen molar-refractivity contribution in [2.24, 2.45) is 17.5 Å². The van der Waals surface area contributed by atoms with Crippen LogP contribution in [0.2, 0.25) is 0 Å². The summed E-state index contributed by atoms with van der Waals surface area (Å²) in [5, 5.41) is 3.91. The highest BCUT2D eigenvalue weighted by Gasteiger charge is 2.36. The molecule has 1 aromatic heterocycles. The first-order valence-corrected chi connectivity index (χ1v) is 11.5. The van der Waals surface area contributed by atoms with Crippen molar-refractivity contribution in [3.8, 4) is 17.1 Å². The van der Waals surface area contributed by atoms with Crippen LogP contribution in [0.5, 0.6) is 5.75 Å². The molecule has 1 aromatic carbocycles. The van der Waals surface area contributed by atoms with Crippen molar-refractivity contribution >= 4 is 0 Å². The van der Waals surface area contributed by atoms with Gasteiger partial charge in [0.05, 0.1) is 18.2 Å². The molecule has 1 saturated carbocycles. The van der Waals surface area contributed by atoms with Crippen LogP contribution in [0.1, 0.15) is 68.9 Å². The van der Waals surface area contributed by atoms with Crippen molar-refractivity contribution < 1.29 is 22.4 Å². The van der Waals surface area contributed by atoms with E-state index in [2.05, 4.69) is 15.6 Å². The van der Waals surface area contributed by atoms with Gasteiger partial charge in [-0.3, -0.25) is 10.7 Å². The summed E-state index contributed by atoms with van der Waals surface area (Å²) in [5.74, 6) is 6.18. The molecule has 182 valence electrons. The molecule has 2 atom stereocenters. The first kappa shape index (κ1) is 23.9. The molecule has 2 heterocycles. The minimum Gasteiger partial charge on any atom is -0.493 e. The molecule has 8 nitrogen and oxygen atoms in total. The number of nitrogens with one attached hydrogen (secondary N) is 1. The van der Waals surface area contributed by atoms with Gasteiger partial charge in [-0.1, -0.05) is 37.3 Å². The van der Waals surface area contributed by atoms with Gasteiger partial charge in [0.25, 0.3) is 0 Å². The van der Waals surface area contributed by atoms with E-state index in [1.165, 1.54) is 31.4 Å². The van der Waals surface area contributed by atoms with Gasteiger partial charge in [0.15, 0.2) is 0 Å². The summed E-state index contributed by atoms with van der Waals surface area (Å²) in [4.78, 5) is 6.23. The molecule has 2 aliphatic rings. The predicted octanol–water partition coefficient (Wildman–Crippen LogP) is 3.95. The molecule has 11 heteroatoms. The van der Waals surface area contributed by atoms with E-state index in [1.807, 2.05) is 4.90 Å². The minimum absolute atomic E-state index is 0.0883. The van der Waals surface area contributed by atoms with Gasteiger partial charge in [0.1, 0.15) is 12.0 Å². The maximum absolute atomic E-state index is 13.8. The van der Waals surface area contributed by atoms with E-state index in [9.17, 15) is 13.2 Å². The normalized spacial score (nSPS) is 21.4. The number of benzene rings is 1. The average Bonchev–Trinajstić information content (AvgIpc) is 3.48. The monoisotopic (exact) mass is 468 g/mol. The van der Waals surface area contributed by atoms with Gasteiger partial charge in [-0.25, -0.2) is 5.43 Å². The van der Waals surface area contributed by atoms with Gasteiger partial charge in [-0.05, 0) is 43.4 Å². The van der Waals surface area contributed by atoms with Crippen molar-refractivity contribution in [3.63, 3.8) is 0 Å². The van der Waals surface area contributed by atoms with Crippen molar-refractivity contribution in [1.29, 1.82) is 0 Å². The number of likely N-dealkylation sites (tertiary alicyclic amines) is 1. The van der Waals surface area contributed by atoms with Crippen LogP contribution in [0.15, 0.2) is 22.7 Å². The second-order valence-electron chi connectivity index (χ2n) is 8.81. The second-order valence-corrected chi connectivity index (χ2v) is 8.81. The number of alkyl halides is 3. The van der Waals surface area contributed by atoms with Crippen LogP contribution in [0.25, 0.3) is 11.4 Å². The Kier molecular flexibility index (Phi) is 7.52. The molecule has 1 aliphatic carbocycles. The smallest absolute Gasteiger partial charge is 0.419 e. The number of aromatic nitrogens is 2. The van der Waals surface area contributed by atoms with Crippen LogP contribution in [0.4, 0.5) is 13.2 Å². The Labute approximate surface area is 190 Å². The molecule has 0 radical (unpaired) electrons. The summed E-state index contributed by atoms with van der Waals surface area (Å²) < 4.78 is 52.3. The largest absolute Gasteiger partial charge is 0.493 e. The van der Waals surface area contributed by atoms with E-state index in [4.69, 9.17) is 20.8 Å². The van der Waals surface area contributed by atoms with E-state index >= 15 is 0 Å². The van der Waals surface area contributed by atoms with Crippen molar-refractivity contribution in [1.82, 2.24) is 20.5 Å². The third kappa shape index (κ3) is 5.65. The Morgan fingerprint density at radius 3 is 2.70 bits per heavy atom. The molecule has 2 aromatic rings. The van der Waals surface area contributed by atoms with E-state index < -0.39 is 18.0 Å². The van der Waals surface area contributed by atoms with Crippen molar-refractivity contribution in [2.45, 2.75) is 69.9 Å². The van der Waals surface area contributed by atoms with Crippen molar-refractivity contribution in [2.75, 3.05) is 13.2 Å². The fraction of sp³-hybridized carbons (Fsp3) is 0.636. The lowest BCUT2D eigenvalue weighted by Gasteiger charge is -2.27. The summed E-state index contributed by atoms with van der Waals surface area (Å²) in [7, 11) is 0. The van der Waals surface area contributed by atoms with E-state index in [0.29, 0.717) is 18.4 Å². The Balaban J connectivity index is 1.49. The Morgan fingerprint density at radius 2 is 1.97 bits per heavy atom. The Hall–Kier alpha value is -2.21. The van der Waals surface area contributed by atoms with Gasteiger partial charge >= 0.3 is 6.18 Å². The predicted molar refractivity (Wildman–Crippen MR) is 115 cm³/mol. The highest BCUT2D eigenvalue weighted by Crippen LogP contribution is 2.39. The number of halogens is 3. The zero-order valence-corrected chi connectivity index (χ0v) is 18.5. The molecule has 0 spiro atoms. The summed E-state index contributed by atoms with van der Waals surface area (Å²) in [6, 6.07) is 3.64. The summed E-state index contributed by atoms with van der Waals surface area (Å²) in [5.41, 5.74) is 7.81. The summed E-state index contributed by atoms with van der Waals surface area (Å²) in [6.45, 7) is 0.964. The Bertz CT molecular complexity index is 916. The lowest BCUT2D eigenvalue weighted by molar-refractivity contribution is -0.138. The molecule has 0 amide bonds. The lowest BCUT2D eigenvalue weighted by atomic mass is 9.87. The standard InChI is InChI=1S/C22H31F3N6O2/c23-22(24,25)16-13-15(8-9-18(16)32-12-10-14-5-2-1-3-6-14)19-28-20(33-30-19)17-7-4-11-31(17)21(26)29-27/h8-9,13-14,17,21,29H,1-7,10-12,26-27H2. The number of hydrazine groups is 1. The average molecular weight is 469 g/mol. The fourth-order valence-electron chi connectivity index (χ4n) is 4.80. The highest BCUT2D eigenvalue weighted by molar-refractivity contribution is 5.59. The highest BCUT2D eigenvalue weighted by atomic mass is 19.4. The number of hydrogen-bond donors (Lipinski definition) is 3. The zero-order chi connectivity index (χ0) is 23.4. The second kappa shape index (κ2) is 10.4. The van der Waals surface area contributed by atoms with Crippen LogP contribution >= 0.6 is 0 Å². The van der Waals surface area contributed by atoms with Crippen LogP contribution in [0.3, 0.4) is 0 Å². The number of rotatable bonds is 8. The Morgan fingerprint density at radius 1 is 1.18 bits per heavy atom. The van der Waals surface area contributed by atoms with Gasteiger partial charge in [0, 0.05) is 12.1 Å². The number of nitrogens with zero attached hydrogens (tertiary/aromatic N) is 3. The van der Waals surface area contributed by atoms with Crippen LogP contribution < -0.4 is 21.7 Å². The minimum atomic E-state index is -4.56. The van der Waals surface area contributed by atoms with E-state index in [1.54, 1.807) is 0 Å². The van der Waals surface area contributed by atoms with Crippen LogP contribution in [0, 0.1) is 5.92 Å². The molecule has 1 saturated heterocycles. The van der Waals surface area contributed by atoms with Gasteiger partial charge in [-0.15, -0.1) is 0 Å². The SMILES string of the molecule is NNC(N)N1CCCC1c1nc(-c2ccc(OCCC3CCCCC3)c(C(F)(F)F)c2)no1. The molecule has 1 aliphatic heterocycles. The van der Waals surface area contributed by atoms with Gasteiger partial charge in [0.2, 0.25) is 11.7 Å². The third-order valence-electron chi connectivity index (χ3n) is 6.60. The number of hydrogen-bond acceptors (Lipinski definition) is 8. The number of nitrogens with two attached hydrogens (primary N) is 2. The summed E-state index contributed by atoms with van der Waals surface area (Å²) in [6.07, 6.45) is 3.08. The van der Waals surface area contributed by atoms with Gasteiger partial charge < -0.3 is 15.0 Å². The topological polar surface area (TPSA) is 115 Å². The molecule has 2 fully saturated rings. The van der Waals surface area contributed by atoms with Crippen molar-refractivity contribution in [3.05, 3.63) is 29.7 Å². The van der Waals surface area contributed by atoms with Gasteiger partial charge in [-0.2, -0.15) is 18.2 Å². The fourth-order valence-corrected chi connectivity index (χ4v) is 4.80. The number of ether oxygens (including phenoxy) is 1. The molecular formula is C22H31F3N6O2. The van der Waals surface area contributed by atoms with E-state index in [-0.39, 0.29) is 29.8 Å². The molecule has 33 heavy (non-hydrogen) atoms. The first-order chi connectivity index (χ1) is 15.9. The molecule has 2 unspecified atom stereocenters. The third-order valence-corrected chi connectivity index (χ3v) is 6.60. The first-order valence-electron chi connectivity index (χ1n) is 11.5. The molecule has 5 N–H and O–H groups in total.